The monoisotopic (exact) mass is 323 g/mol. The fourth-order valence-electron chi connectivity index (χ4n) is 1.40. The number of nitrogens with zero attached hydrogens (tertiary/aromatic N) is 1. The summed E-state index contributed by atoms with van der Waals surface area (Å²) < 4.78 is 63.3. The first kappa shape index (κ1) is 15.3. The zero-order valence-electron chi connectivity index (χ0n) is 10.1. The van der Waals surface area contributed by atoms with Crippen LogP contribution < -0.4 is 10.9 Å². The fraction of sp³-hybridized carbons (Fsp3) is 0.0833. The van der Waals surface area contributed by atoms with Gasteiger partial charge in [0.05, 0.1) is 16.3 Å². The lowest BCUT2D eigenvalue weighted by molar-refractivity contribution is -0.137. The zero-order chi connectivity index (χ0) is 15.6. The van der Waals surface area contributed by atoms with Gasteiger partial charge in [-0.15, -0.1) is 0 Å². The second-order valence-corrected chi connectivity index (χ2v) is 4.33. The Morgan fingerprint density at radius 3 is 2.33 bits per heavy atom. The SMILES string of the molecule is Fc1ccc(NNc2ncc(C(F)(F)F)cc2Cl)c(F)c1. The number of hydrogen-bond donors (Lipinski definition) is 2. The van der Waals surface area contributed by atoms with Gasteiger partial charge < -0.3 is 0 Å². The van der Waals surface area contributed by atoms with Gasteiger partial charge >= 0.3 is 6.18 Å². The minimum Gasteiger partial charge on any atom is -0.297 e. The van der Waals surface area contributed by atoms with E-state index in [-0.39, 0.29) is 16.5 Å². The highest BCUT2D eigenvalue weighted by Gasteiger charge is 2.31. The molecule has 2 aromatic rings. The molecule has 0 saturated carbocycles. The highest BCUT2D eigenvalue weighted by molar-refractivity contribution is 6.33. The summed E-state index contributed by atoms with van der Waals surface area (Å²) in [5.74, 6) is -1.78. The number of hydrazine groups is 1. The second kappa shape index (κ2) is 5.72. The Morgan fingerprint density at radius 2 is 1.76 bits per heavy atom. The summed E-state index contributed by atoms with van der Waals surface area (Å²) in [5, 5.41) is -0.306. The van der Waals surface area contributed by atoms with E-state index in [2.05, 4.69) is 15.8 Å². The number of anilines is 2. The second-order valence-electron chi connectivity index (χ2n) is 3.93. The molecule has 0 saturated heterocycles. The van der Waals surface area contributed by atoms with Crippen molar-refractivity contribution < 1.29 is 22.0 Å². The predicted octanol–water partition coefficient (Wildman–Crippen LogP) is 4.47. The molecule has 0 fully saturated rings. The molecular weight excluding hydrogens is 317 g/mol. The molecule has 9 heteroatoms. The molecule has 0 spiro atoms. The van der Waals surface area contributed by atoms with E-state index >= 15 is 0 Å². The molecule has 0 radical (unpaired) electrons. The highest BCUT2D eigenvalue weighted by atomic mass is 35.5. The van der Waals surface area contributed by atoms with Gasteiger partial charge in [-0.3, -0.25) is 10.9 Å². The average molecular weight is 324 g/mol. The van der Waals surface area contributed by atoms with Gasteiger partial charge in [0.1, 0.15) is 5.82 Å². The van der Waals surface area contributed by atoms with Gasteiger partial charge in [-0.05, 0) is 18.2 Å². The Morgan fingerprint density at radius 1 is 1.05 bits per heavy atom. The summed E-state index contributed by atoms with van der Waals surface area (Å²) in [6.07, 6.45) is -3.98. The largest absolute Gasteiger partial charge is 0.417 e. The summed E-state index contributed by atoms with van der Waals surface area (Å²) in [6.45, 7) is 0. The Balaban J connectivity index is 2.13. The smallest absolute Gasteiger partial charge is 0.297 e. The number of alkyl halides is 3. The molecule has 0 aliphatic rings. The van der Waals surface area contributed by atoms with E-state index in [9.17, 15) is 22.0 Å². The van der Waals surface area contributed by atoms with Gasteiger partial charge in [-0.1, -0.05) is 11.6 Å². The van der Waals surface area contributed by atoms with Gasteiger partial charge in [0, 0.05) is 12.3 Å². The third-order valence-corrected chi connectivity index (χ3v) is 2.70. The van der Waals surface area contributed by atoms with Crippen LogP contribution in [0.5, 0.6) is 0 Å². The molecule has 0 atom stereocenters. The van der Waals surface area contributed by atoms with Crippen LogP contribution >= 0.6 is 11.6 Å². The van der Waals surface area contributed by atoms with Crippen molar-refractivity contribution in [1.29, 1.82) is 0 Å². The van der Waals surface area contributed by atoms with Crippen LogP contribution in [0.25, 0.3) is 0 Å². The molecule has 0 aliphatic carbocycles. The highest BCUT2D eigenvalue weighted by Crippen LogP contribution is 2.32. The van der Waals surface area contributed by atoms with E-state index in [1.807, 2.05) is 0 Å². The first-order valence-corrected chi connectivity index (χ1v) is 5.85. The van der Waals surface area contributed by atoms with Gasteiger partial charge in [0.15, 0.2) is 11.6 Å². The normalized spacial score (nSPS) is 11.3. The van der Waals surface area contributed by atoms with Crippen LogP contribution in [0.3, 0.4) is 0 Å². The summed E-state index contributed by atoms with van der Waals surface area (Å²) in [6, 6.07) is 3.44. The first-order valence-electron chi connectivity index (χ1n) is 5.47. The molecule has 3 nitrogen and oxygen atoms in total. The maximum absolute atomic E-state index is 13.3. The minimum absolute atomic E-state index is 0.117. The van der Waals surface area contributed by atoms with E-state index in [0.717, 1.165) is 12.1 Å². The van der Waals surface area contributed by atoms with Crippen LogP contribution in [0.4, 0.5) is 33.5 Å². The molecule has 2 N–H and O–H groups in total. The number of halogens is 6. The molecule has 2 rings (SSSR count). The Bertz CT molecular complexity index is 660. The van der Waals surface area contributed by atoms with Gasteiger partial charge in [-0.25, -0.2) is 13.8 Å². The summed E-state index contributed by atoms with van der Waals surface area (Å²) >= 11 is 5.65. The molecule has 1 aromatic carbocycles. The maximum Gasteiger partial charge on any atom is 0.417 e. The quantitative estimate of drug-likeness (QED) is 0.646. The van der Waals surface area contributed by atoms with Crippen molar-refractivity contribution in [2.75, 3.05) is 10.9 Å². The predicted molar refractivity (Wildman–Crippen MR) is 67.9 cm³/mol. The van der Waals surface area contributed by atoms with E-state index in [1.165, 1.54) is 0 Å². The minimum atomic E-state index is -4.56. The summed E-state index contributed by atoms with van der Waals surface area (Å²) in [7, 11) is 0. The van der Waals surface area contributed by atoms with E-state index < -0.39 is 23.4 Å². The molecule has 112 valence electrons. The Kier molecular flexibility index (Phi) is 4.17. The lowest BCUT2D eigenvalue weighted by atomic mass is 10.3. The van der Waals surface area contributed by atoms with Crippen molar-refractivity contribution >= 4 is 23.1 Å². The number of benzene rings is 1. The lowest BCUT2D eigenvalue weighted by Gasteiger charge is -2.12. The number of nitrogens with one attached hydrogen (secondary N) is 2. The van der Waals surface area contributed by atoms with Crippen LogP contribution in [-0.2, 0) is 6.18 Å². The third kappa shape index (κ3) is 3.72. The van der Waals surface area contributed by atoms with E-state index in [4.69, 9.17) is 11.6 Å². The molecule has 0 aliphatic heterocycles. The summed E-state index contributed by atoms with van der Waals surface area (Å²) in [4.78, 5) is 3.48. The Hall–Kier alpha value is -2.09. The van der Waals surface area contributed by atoms with Crippen LogP contribution in [0.2, 0.25) is 5.02 Å². The van der Waals surface area contributed by atoms with Crippen molar-refractivity contribution in [2.45, 2.75) is 6.18 Å². The average Bonchev–Trinajstić information content (AvgIpc) is 2.38. The van der Waals surface area contributed by atoms with Crippen molar-refractivity contribution in [3.05, 3.63) is 52.7 Å². The molecule has 1 aromatic heterocycles. The van der Waals surface area contributed by atoms with Crippen molar-refractivity contribution in [3.8, 4) is 0 Å². The van der Waals surface area contributed by atoms with E-state index in [0.29, 0.717) is 18.3 Å². The van der Waals surface area contributed by atoms with Gasteiger partial charge in [0.25, 0.3) is 0 Å². The molecule has 0 amide bonds. The standard InChI is InChI=1S/C12H7ClF5N3/c13-8-3-6(12(16,17)18)5-19-11(8)21-20-10-2-1-7(14)4-9(10)15/h1-5,20H,(H,19,21). The molecule has 0 bridgehead atoms. The third-order valence-electron chi connectivity index (χ3n) is 2.42. The number of pyridine rings is 1. The van der Waals surface area contributed by atoms with Gasteiger partial charge in [-0.2, -0.15) is 13.2 Å². The maximum atomic E-state index is 13.3. The van der Waals surface area contributed by atoms with E-state index in [1.54, 1.807) is 0 Å². The summed E-state index contributed by atoms with van der Waals surface area (Å²) in [5.41, 5.74) is 3.56. The van der Waals surface area contributed by atoms with Crippen LogP contribution in [0, 0.1) is 11.6 Å². The van der Waals surface area contributed by atoms with Crippen molar-refractivity contribution in [3.63, 3.8) is 0 Å². The number of hydrogen-bond acceptors (Lipinski definition) is 3. The topological polar surface area (TPSA) is 37.0 Å². The van der Waals surface area contributed by atoms with Crippen LogP contribution in [-0.4, -0.2) is 4.98 Å². The van der Waals surface area contributed by atoms with Crippen molar-refractivity contribution in [1.82, 2.24) is 4.98 Å². The first-order chi connectivity index (χ1) is 9.77. The number of rotatable bonds is 3. The molecule has 1 heterocycles. The molecular formula is C12H7ClF5N3. The van der Waals surface area contributed by atoms with Gasteiger partial charge in [0.2, 0.25) is 0 Å². The number of aromatic nitrogens is 1. The zero-order valence-corrected chi connectivity index (χ0v) is 10.9. The molecule has 0 unspecified atom stereocenters. The van der Waals surface area contributed by atoms with Crippen LogP contribution in [0.15, 0.2) is 30.5 Å². The lowest BCUT2D eigenvalue weighted by Crippen LogP contribution is -2.13. The van der Waals surface area contributed by atoms with Crippen molar-refractivity contribution in [2.24, 2.45) is 0 Å². The Labute approximate surface area is 120 Å². The molecule has 21 heavy (non-hydrogen) atoms. The fourth-order valence-corrected chi connectivity index (χ4v) is 1.62. The van der Waals surface area contributed by atoms with Crippen LogP contribution in [0.1, 0.15) is 5.56 Å².